The highest BCUT2D eigenvalue weighted by atomic mass is 79.9. The van der Waals surface area contributed by atoms with Gasteiger partial charge < -0.3 is 14.2 Å². The molecular formula is C16H23BrO3. The van der Waals surface area contributed by atoms with Gasteiger partial charge in [-0.25, -0.2) is 0 Å². The van der Waals surface area contributed by atoms with Crippen molar-refractivity contribution in [2.75, 3.05) is 31.8 Å². The third-order valence-corrected chi connectivity index (χ3v) is 5.07. The molecule has 1 aromatic carbocycles. The maximum atomic E-state index is 5.93. The minimum Gasteiger partial charge on any atom is -0.490 e. The van der Waals surface area contributed by atoms with Crippen LogP contribution in [-0.4, -0.2) is 31.8 Å². The van der Waals surface area contributed by atoms with E-state index >= 15 is 0 Å². The van der Waals surface area contributed by atoms with Crippen LogP contribution in [0.3, 0.4) is 0 Å². The van der Waals surface area contributed by atoms with Gasteiger partial charge in [-0.1, -0.05) is 28.1 Å². The second-order valence-corrected chi connectivity index (χ2v) is 5.78. The van der Waals surface area contributed by atoms with E-state index in [2.05, 4.69) is 15.9 Å². The summed E-state index contributed by atoms with van der Waals surface area (Å²) in [6.07, 6.45) is 3.26. The Labute approximate surface area is 129 Å². The number of alkyl halides is 1. The van der Waals surface area contributed by atoms with Gasteiger partial charge in [-0.3, -0.25) is 0 Å². The summed E-state index contributed by atoms with van der Waals surface area (Å²) in [5.74, 6) is 1.67. The smallest absolute Gasteiger partial charge is 0.161 e. The van der Waals surface area contributed by atoms with E-state index in [0.29, 0.717) is 12.0 Å². The normalized spacial score (nSPS) is 17.7. The van der Waals surface area contributed by atoms with E-state index in [1.165, 1.54) is 0 Å². The van der Waals surface area contributed by atoms with E-state index in [1.807, 2.05) is 31.2 Å². The quantitative estimate of drug-likeness (QED) is 0.699. The van der Waals surface area contributed by atoms with Crippen molar-refractivity contribution in [3.63, 3.8) is 0 Å². The molecule has 0 spiro atoms. The summed E-state index contributed by atoms with van der Waals surface area (Å²) in [6, 6.07) is 7.87. The topological polar surface area (TPSA) is 27.7 Å². The van der Waals surface area contributed by atoms with Crippen LogP contribution >= 0.6 is 15.9 Å². The number of benzene rings is 1. The first-order valence-corrected chi connectivity index (χ1v) is 8.40. The lowest BCUT2D eigenvalue weighted by Crippen LogP contribution is -2.32. The Kier molecular flexibility index (Phi) is 6.17. The Morgan fingerprint density at radius 1 is 1.15 bits per heavy atom. The summed E-state index contributed by atoms with van der Waals surface area (Å²) >= 11 is 3.66. The molecule has 1 aliphatic heterocycles. The van der Waals surface area contributed by atoms with Gasteiger partial charge in [0.1, 0.15) is 0 Å². The summed E-state index contributed by atoms with van der Waals surface area (Å²) in [5, 5.41) is 1.01. The highest BCUT2D eigenvalue weighted by Gasteiger charge is 2.31. The molecule has 112 valence electrons. The van der Waals surface area contributed by atoms with Crippen LogP contribution in [0.25, 0.3) is 0 Å². The molecule has 1 aromatic rings. The molecule has 20 heavy (non-hydrogen) atoms. The molecule has 3 nitrogen and oxygen atoms in total. The van der Waals surface area contributed by atoms with Gasteiger partial charge >= 0.3 is 0 Å². The van der Waals surface area contributed by atoms with E-state index < -0.39 is 0 Å². The number of rotatable bonds is 7. The lowest BCUT2D eigenvalue weighted by atomic mass is 9.80. The molecule has 0 amide bonds. The summed E-state index contributed by atoms with van der Waals surface area (Å²) in [6.45, 7) is 5.08. The Balaban J connectivity index is 1.88. The molecule has 0 N–H and O–H groups in total. The Morgan fingerprint density at radius 2 is 1.80 bits per heavy atom. The molecule has 0 atom stereocenters. The highest BCUT2D eigenvalue weighted by Crippen LogP contribution is 2.36. The minimum absolute atomic E-state index is 0.318. The maximum Gasteiger partial charge on any atom is 0.161 e. The zero-order valence-electron chi connectivity index (χ0n) is 12.1. The molecule has 0 unspecified atom stereocenters. The number of hydrogen-bond acceptors (Lipinski definition) is 3. The van der Waals surface area contributed by atoms with Crippen LogP contribution in [0.1, 0.15) is 26.2 Å². The molecule has 1 saturated heterocycles. The van der Waals surface area contributed by atoms with Crippen molar-refractivity contribution in [3.05, 3.63) is 24.3 Å². The molecule has 0 radical (unpaired) electrons. The molecule has 1 heterocycles. The average Bonchev–Trinajstić information content (AvgIpc) is 2.50. The zero-order valence-corrected chi connectivity index (χ0v) is 13.7. The molecule has 0 aromatic heterocycles. The van der Waals surface area contributed by atoms with Crippen LogP contribution in [0.2, 0.25) is 0 Å². The maximum absolute atomic E-state index is 5.93. The van der Waals surface area contributed by atoms with E-state index in [1.54, 1.807) is 0 Å². The van der Waals surface area contributed by atoms with E-state index in [-0.39, 0.29) is 0 Å². The monoisotopic (exact) mass is 342 g/mol. The van der Waals surface area contributed by atoms with Crippen molar-refractivity contribution in [3.8, 4) is 11.5 Å². The van der Waals surface area contributed by atoms with Gasteiger partial charge in [0.15, 0.2) is 11.5 Å². The van der Waals surface area contributed by atoms with Gasteiger partial charge in [-0.2, -0.15) is 0 Å². The number of hydrogen-bond donors (Lipinski definition) is 0. The second-order valence-electron chi connectivity index (χ2n) is 5.22. The van der Waals surface area contributed by atoms with Crippen LogP contribution in [0.4, 0.5) is 0 Å². The van der Waals surface area contributed by atoms with Crippen LogP contribution in [0, 0.1) is 5.41 Å². The third-order valence-electron chi connectivity index (χ3n) is 3.88. The van der Waals surface area contributed by atoms with Crippen molar-refractivity contribution in [1.29, 1.82) is 0 Å². The van der Waals surface area contributed by atoms with Gasteiger partial charge in [-0.05, 0) is 43.7 Å². The van der Waals surface area contributed by atoms with Gasteiger partial charge in [-0.15, -0.1) is 0 Å². The van der Waals surface area contributed by atoms with Gasteiger partial charge in [0.05, 0.1) is 13.2 Å². The Morgan fingerprint density at radius 3 is 2.40 bits per heavy atom. The van der Waals surface area contributed by atoms with Crippen molar-refractivity contribution in [2.45, 2.75) is 26.2 Å². The predicted molar refractivity (Wildman–Crippen MR) is 84.0 cm³/mol. The largest absolute Gasteiger partial charge is 0.490 e. The lowest BCUT2D eigenvalue weighted by molar-refractivity contribution is 0.0166. The predicted octanol–water partition coefficient (Wildman–Crippen LogP) is 4.05. The molecule has 1 aliphatic rings. The van der Waals surface area contributed by atoms with Crippen molar-refractivity contribution in [2.24, 2.45) is 5.41 Å². The summed E-state index contributed by atoms with van der Waals surface area (Å²) < 4.78 is 17.0. The fourth-order valence-electron chi connectivity index (χ4n) is 2.48. The highest BCUT2D eigenvalue weighted by molar-refractivity contribution is 9.09. The molecule has 1 fully saturated rings. The first kappa shape index (κ1) is 15.6. The molecule has 0 aliphatic carbocycles. The molecule has 0 bridgehead atoms. The van der Waals surface area contributed by atoms with Crippen LogP contribution in [0.15, 0.2) is 24.3 Å². The minimum atomic E-state index is 0.318. The van der Waals surface area contributed by atoms with Crippen LogP contribution < -0.4 is 9.47 Å². The Hall–Kier alpha value is -0.740. The lowest BCUT2D eigenvalue weighted by Gasteiger charge is -2.35. The SMILES string of the molecule is CCOc1ccccc1OCCC1(CBr)CCOCC1. The van der Waals surface area contributed by atoms with E-state index in [0.717, 1.165) is 55.9 Å². The van der Waals surface area contributed by atoms with Gasteiger partial charge in [0.2, 0.25) is 0 Å². The van der Waals surface area contributed by atoms with Crippen LogP contribution in [0.5, 0.6) is 11.5 Å². The van der Waals surface area contributed by atoms with Crippen molar-refractivity contribution < 1.29 is 14.2 Å². The number of para-hydroxylation sites is 2. The fourth-order valence-corrected chi connectivity index (χ4v) is 3.32. The summed E-state index contributed by atoms with van der Waals surface area (Å²) in [5.41, 5.74) is 0.318. The summed E-state index contributed by atoms with van der Waals surface area (Å²) in [4.78, 5) is 0. The second kappa shape index (κ2) is 7.89. The fraction of sp³-hybridized carbons (Fsp3) is 0.625. The molecule has 4 heteroatoms. The number of ether oxygens (including phenoxy) is 3. The average molecular weight is 343 g/mol. The van der Waals surface area contributed by atoms with Gasteiger partial charge in [0, 0.05) is 18.5 Å². The van der Waals surface area contributed by atoms with Crippen LogP contribution in [-0.2, 0) is 4.74 Å². The standard InChI is InChI=1S/C16H23BrO3/c1-2-19-14-5-3-4-6-15(14)20-12-9-16(13-17)7-10-18-11-8-16/h3-6H,2,7-13H2,1H3. The third kappa shape index (κ3) is 4.13. The first-order valence-electron chi connectivity index (χ1n) is 7.28. The van der Waals surface area contributed by atoms with E-state index in [9.17, 15) is 0 Å². The van der Waals surface area contributed by atoms with Crippen molar-refractivity contribution >= 4 is 15.9 Å². The number of halogens is 1. The molecular weight excluding hydrogens is 320 g/mol. The molecule has 0 saturated carbocycles. The molecule has 2 rings (SSSR count). The Bertz CT molecular complexity index is 402. The van der Waals surface area contributed by atoms with Gasteiger partial charge in [0.25, 0.3) is 0 Å². The first-order chi connectivity index (χ1) is 9.79. The van der Waals surface area contributed by atoms with Crippen molar-refractivity contribution in [1.82, 2.24) is 0 Å². The van der Waals surface area contributed by atoms with E-state index in [4.69, 9.17) is 14.2 Å². The zero-order chi connectivity index (χ0) is 14.3. The summed E-state index contributed by atoms with van der Waals surface area (Å²) in [7, 11) is 0.